The molecule has 3 nitrogen and oxygen atoms in total. The van der Waals surface area contributed by atoms with Crippen molar-refractivity contribution in [1.82, 2.24) is 0 Å². The van der Waals surface area contributed by atoms with Crippen LogP contribution in [0.1, 0.15) is 48.4 Å². The van der Waals surface area contributed by atoms with E-state index in [0.717, 1.165) is 35.8 Å². The molecule has 1 amide bonds. The fourth-order valence-electron chi connectivity index (χ4n) is 4.15. The van der Waals surface area contributed by atoms with Crippen molar-refractivity contribution in [3.8, 4) is 0 Å². The quantitative estimate of drug-likeness (QED) is 0.741. The van der Waals surface area contributed by atoms with Crippen molar-refractivity contribution < 1.29 is 4.79 Å². The lowest BCUT2D eigenvalue weighted by molar-refractivity contribution is -0.117. The Hall–Kier alpha value is -2.00. The van der Waals surface area contributed by atoms with E-state index in [1.54, 1.807) is 0 Å². The molecule has 2 aliphatic rings. The maximum Gasteiger partial charge on any atom is 0.224 e. The topological polar surface area (TPSA) is 32.3 Å². The first kappa shape index (κ1) is 18.4. The van der Waals surface area contributed by atoms with Crippen molar-refractivity contribution in [3.63, 3.8) is 0 Å². The van der Waals surface area contributed by atoms with Gasteiger partial charge in [-0.1, -0.05) is 24.6 Å². The summed E-state index contributed by atoms with van der Waals surface area (Å²) < 4.78 is 0. The Morgan fingerprint density at radius 3 is 2.59 bits per heavy atom. The summed E-state index contributed by atoms with van der Waals surface area (Å²) in [5, 5.41) is 3.97. The first-order chi connectivity index (χ1) is 12.8. The zero-order valence-electron chi connectivity index (χ0n) is 16.4. The molecule has 0 aromatic heterocycles. The molecule has 0 bridgehead atoms. The third-order valence-electron chi connectivity index (χ3n) is 6.14. The largest absolute Gasteiger partial charge is 0.367 e. The van der Waals surface area contributed by atoms with Gasteiger partial charge in [0.25, 0.3) is 0 Å². The summed E-state index contributed by atoms with van der Waals surface area (Å²) in [7, 11) is 0. The van der Waals surface area contributed by atoms with E-state index in [0.29, 0.717) is 6.42 Å². The van der Waals surface area contributed by atoms with Gasteiger partial charge in [-0.15, -0.1) is 0 Å². The Kier molecular flexibility index (Phi) is 4.67. The van der Waals surface area contributed by atoms with E-state index >= 15 is 0 Å². The smallest absolute Gasteiger partial charge is 0.224 e. The van der Waals surface area contributed by atoms with Gasteiger partial charge in [-0.25, -0.2) is 0 Å². The SMILES string of the molecule is Cc1cc2c(c(C)c1NC(=O)CC1(C)CC1)CCN(c1ccc(Cl)cc1)C2. The molecule has 0 atom stereocenters. The fourth-order valence-corrected chi connectivity index (χ4v) is 4.28. The Balaban J connectivity index is 1.55. The molecule has 142 valence electrons. The minimum atomic E-state index is 0.153. The van der Waals surface area contributed by atoms with Gasteiger partial charge in [0, 0.05) is 35.9 Å². The highest BCUT2D eigenvalue weighted by Crippen LogP contribution is 2.48. The van der Waals surface area contributed by atoms with Gasteiger partial charge in [0.2, 0.25) is 5.91 Å². The number of halogens is 1. The highest BCUT2D eigenvalue weighted by Gasteiger charge is 2.39. The number of nitrogens with one attached hydrogen (secondary N) is 1. The van der Waals surface area contributed by atoms with Gasteiger partial charge in [0.15, 0.2) is 0 Å². The molecule has 0 radical (unpaired) electrons. The fraction of sp³-hybridized carbons (Fsp3) is 0.435. The van der Waals surface area contributed by atoms with Gasteiger partial charge >= 0.3 is 0 Å². The summed E-state index contributed by atoms with van der Waals surface area (Å²) in [5.41, 5.74) is 7.59. The van der Waals surface area contributed by atoms with Crippen molar-refractivity contribution in [1.29, 1.82) is 0 Å². The number of carbonyl (C=O) groups excluding carboxylic acids is 1. The number of benzene rings is 2. The van der Waals surface area contributed by atoms with Gasteiger partial charge in [0.05, 0.1) is 0 Å². The Bertz CT molecular complexity index is 884. The normalized spacial score (nSPS) is 17.4. The minimum Gasteiger partial charge on any atom is -0.367 e. The molecular formula is C23H27ClN2O. The van der Waals surface area contributed by atoms with Crippen LogP contribution >= 0.6 is 11.6 Å². The van der Waals surface area contributed by atoms with Crippen molar-refractivity contribution in [2.75, 3.05) is 16.8 Å². The standard InChI is InChI=1S/C23H27ClN2O/c1-15-12-17-14-26(19-6-4-18(24)5-7-19)11-8-20(17)16(2)22(15)25-21(27)13-23(3)9-10-23/h4-7,12H,8-11,13-14H2,1-3H3,(H,25,27). The van der Waals surface area contributed by atoms with Crippen LogP contribution < -0.4 is 10.2 Å². The van der Waals surface area contributed by atoms with Crippen LogP contribution in [0, 0.1) is 19.3 Å². The van der Waals surface area contributed by atoms with Gasteiger partial charge in [0.1, 0.15) is 0 Å². The molecule has 1 fully saturated rings. The summed E-state index contributed by atoms with van der Waals surface area (Å²) in [5.74, 6) is 0.153. The molecule has 2 aromatic rings. The van der Waals surface area contributed by atoms with Crippen LogP contribution in [0.5, 0.6) is 0 Å². The number of hydrogen-bond donors (Lipinski definition) is 1. The van der Waals surface area contributed by atoms with Crippen molar-refractivity contribution in [2.24, 2.45) is 5.41 Å². The molecule has 0 unspecified atom stereocenters. The van der Waals surface area contributed by atoms with Gasteiger partial charge in [-0.3, -0.25) is 4.79 Å². The number of fused-ring (bicyclic) bond motifs is 1. The molecule has 1 aliphatic heterocycles. The maximum absolute atomic E-state index is 12.5. The number of nitrogens with zero attached hydrogens (tertiary/aromatic N) is 1. The molecule has 4 heteroatoms. The van der Waals surface area contributed by atoms with E-state index in [1.807, 2.05) is 12.1 Å². The first-order valence-corrected chi connectivity index (χ1v) is 10.1. The predicted octanol–water partition coefficient (Wildman–Crippen LogP) is 5.65. The number of rotatable bonds is 4. The molecule has 1 saturated carbocycles. The molecule has 27 heavy (non-hydrogen) atoms. The average Bonchev–Trinajstić information content (AvgIpc) is 3.35. The van der Waals surface area contributed by atoms with E-state index in [1.165, 1.54) is 35.2 Å². The number of aryl methyl sites for hydroxylation is 1. The van der Waals surface area contributed by atoms with E-state index < -0.39 is 0 Å². The molecule has 0 saturated heterocycles. The third kappa shape index (κ3) is 3.84. The zero-order valence-corrected chi connectivity index (χ0v) is 17.1. The zero-order chi connectivity index (χ0) is 19.2. The second-order valence-electron chi connectivity index (χ2n) is 8.51. The van der Waals surface area contributed by atoms with Crippen LogP contribution in [-0.2, 0) is 17.8 Å². The van der Waals surface area contributed by atoms with Crippen LogP contribution in [0.3, 0.4) is 0 Å². The van der Waals surface area contributed by atoms with Crippen molar-refractivity contribution in [3.05, 3.63) is 57.6 Å². The minimum absolute atomic E-state index is 0.153. The van der Waals surface area contributed by atoms with Gasteiger partial charge in [-0.2, -0.15) is 0 Å². The summed E-state index contributed by atoms with van der Waals surface area (Å²) in [4.78, 5) is 14.9. The van der Waals surface area contributed by atoms with Gasteiger partial charge < -0.3 is 10.2 Å². The Morgan fingerprint density at radius 2 is 1.93 bits per heavy atom. The van der Waals surface area contributed by atoms with Crippen LogP contribution in [0.4, 0.5) is 11.4 Å². The van der Waals surface area contributed by atoms with Crippen LogP contribution in [0.2, 0.25) is 5.02 Å². The van der Waals surface area contributed by atoms with Crippen molar-refractivity contribution in [2.45, 2.75) is 53.0 Å². The molecular weight excluding hydrogens is 356 g/mol. The lowest BCUT2D eigenvalue weighted by Gasteiger charge is -2.33. The van der Waals surface area contributed by atoms with Gasteiger partial charge in [-0.05, 0) is 85.0 Å². The molecule has 1 aliphatic carbocycles. The predicted molar refractivity (Wildman–Crippen MR) is 113 cm³/mol. The van der Waals surface area contributed by atoms with Crippen LogP contribution in [-0.4, -0.2) is 12.5 Å². The average molecular weight is 383 g/mol. The number of hydrogen-bond acceptors (Lipinski definition) is 2. The third-order valence-corrected chi connectivity index (χ3v) is 6.39. The van der Waals surface area contributed by atoms with Crippen LogP contribution in [0.15, 0.2) is 30.3 Å². The highest BCUT2D eigenvalue weighted by atomic mass is 35.5. The number of amides is 1. The number of carbonyl (C=O) groups is 1. The van der Waals surface area contributed by atoms with E-state index in [-0.39, 0.29) is 11.3 Å². The number of anilines is 2. The molecule has 0 spiro atoms. The summed E-state index contributed by atoms with van der Waals surface area (Å²) in [6.07, 6.45) is 3.96. The highest BCUT2D eigenvalue weighted by molar-refractivity contribution is 6.30. The lowest BCUT2D eigenvalue weighted by atomic mass is 9.91. The van der Waals surface area contributed by atoms with E-state index in [4.69, 9.17) is 11.6 Å². The second-order valence-corrected chi connectivity index (χ2v) is 8.95. The monoisotopic (exact) mass is 382 g/mol. The second kappa shape index (κ2) is 6.87. The van der Waals surface area contributed by atoms with Crippen LogP contribution in [0.25, 0.3) is 0 Å². The van der Waals surface area contributed by atoms with E-state index in [9.17, 15) is 4.79 Å². The molecule has 1 heterocycles. The first-order valence-electron chi connectivity index (χ1n) is 9.77. The summed E-state index contributed by atoms with van der Waals surface area (Å²) in [6.45, 7) is 8.32. The molecule has 1 N–H and O–H groups in total. The Morgan fingerprint density at radius 1 is 1.22 bits per heavy atom. The molecule has 2 aromatic carbocycles. The molecule has 4 rings (SSSR count). The summed E-state index contributed by atoms with van der Waals surface area (Å²) >= 11 is 6.02. The van der Waals surface area contributed by atoms with Crippen molar-refractivity contribution >= 4 is 28.9 Å². The lowest BCUT2D eigenvalue weighted by Crippen LogP contribution is -2.31. The van der Waals surface area contributed by atoms with E-state index in [2.05, 4.69) is 49.2 Å². The Labute approximate surface area is 166 Å². The maximum atomic E-state index is 12.5. The summed E-state index contributed by atoms with van der Waals surface area (Å²) in [6, 6.07) is 10.3.